The first kappa shape index (κ1) is 56.1. The summed E-state index contributed by atoms with van der Waals surface area (Å²) in [6.45, 7) is 3.73. The molecule has 0 aliphatic carbocycles. The molecule has 1 rings (SSSR count). The van der Waals surface area contributed by atoms with Gasteiger partial charge in [-0.15, -0.1) is 0 Å². The molecule has 2 unspecified atom stereocenters. The zero-order valence-corrected chi connectivity index (χ0v) is 38.4. The highest BCUT2D eigenvalue weighted by atomic mass is 32.2. The van der Waals surface area contributed by atoms with E-state index in [4.69, 9.17) is 18.9 Å². The molecule has 0 spiro atoms. The monoisotopic (exact) mass is 875 g/mol. The van der Waals surface area contributed by atoms with Gasteiger partial charge in [-0.2, -0.15) is 8.42 Å². The van der Waals surface area contributed by atoms with Crippen molar-refractivity contribution >= 4 is 22.1 Å². The second-order valence-electron chi connectivity index (χ2n) is 16.8. The molecule has 352 valence electrons. The van der Waals surface area contributed by atoms with E-state index in [2.05, 4.69) is 38.2 Å². The lowest BCUT2D eigenvalue weighted by molar-refractivity contribution is -0.297. The minimum absolute atomic E-state index is 0.151. The van der Waals surface area contributed by atoms with Crippen LogP contribution in [0.2, 0.25) is 0 Å². The molecule has 0 aromatic rings. The Hall–Kier alpha value is -1.87. The van der Waals surface area contributed by atoms with Crippen molar-refractivity contribution in [1.29, 1.82) is 0 Å². The fourth-order valence-electron chi connectivity index (χ4n) is 7.28. The number of esters is 2. The van der Waals surface area contributed by atoms with Gasteiger partial charge >= 0.3 is 11.9 Å². The number of hydrogen-bond donors (Lipinski definition) is 4. The maximum atomic E-state index is 12.8. The predicted molar refractivity (Wildman–Crippen MR) is 238 cm³/mol. The molecule has 0 bridgehead atoms. The van der Waals surface area contributed by atoms with Crippen LogP contribution in [0.3, 0.4) is 0 Å². The van der Waals surface area contributed by atoms with Crippen LogP contribution in [-0.2, 0) is 38.7 Å². The zero-order valence-electron chi connectivity index (χ0n) is 37.6. The van der Waals surface area contributed by atoms with Gasteiger partial charge in [-0.3, -0.25) is 14.1 Å². The van der Waals surface area contributed by atoms with E-state index < -0.39 is 71.2 Å². The van der Waals surface area contributed by atoms with Crippen molar-refractivity contribution in [3.63, 3.8) is 0 Å². The number of carbonyl (C=O) groups excluding carboxylic acids is 2. The van der Waals surface area contributed by atoms with E-state index in [1.54, 1.807) is 0 Å². The normalized spacial score (nSPS) is 20.3. The van der Waals surface area contributed by atoms with Crippen molar-refractivity contribution in [3.05, 3.63) is 24.3 Å². The Morgan fingerprint density at radius 1 is 0.567 bits per heavy atom. The van der Waals surface area contributed by atoms with E-state index >= 15 is 0 Å². The standard InChI is InChI=1S/C47H86O12S/c1-3-5-7-9-11-13-15-17-19-20-21-22-24-25-27-29-31-33-35-42(48)56-37-40(38-57-47-46(52)45(51)44(50)41(59-47)39-60(53,54)55)58-43(49)36-34-32-30-28-26-23-18-16-14-12-10-8-6-4-2/h10,12,16,18,40-41,44-47,50-52H,3-9,11,13-15,17,19-39H2,1-2H3,(H,53,54,55)/b12-10+,18-16+/t40-,41-,44-,45?,46?,47+/m1/s1. The van der Waals surface area contributed by atoms with Gasteiger partial charge in [-0.1, -0.05) is 179 Å². The van der Waals surface area contributed by atoms with Crippen molar-refractivity contribution in [1.82, 2.24) is 0 Å². The van der Waals surface area contributed by atoms with E-state index in [9.17, 15) is 37.9 Å². The maximum Gasteiger partial charge on any atom is 0.306 e. The number of carbonyl (C=O) groups is 2. The molecule has 0 aromatic carbocycles. The van der Waals surface area contributed by atoms with Crippen molar-refractivity contribution in [2.75, 3.05) is 19.0 Å². The van der Waals surface area contributed by atoms with Crippen LogP contribution < -0.4 is 0 Å². The van der Waals surface area contributed by atoms with Crippen molar-refractivity contribution in [2.45, 2.75) is 243 Å². The van der Waals surface area contributed by atoms with Crippen LogP contribution in [0.15, 0.2) is 24.3 Å². The Morgan fingerprint density at radius 2 is 1.02 bits per heavy atom. The van der Waals surface area contributed by atoms with Gasteiger partial charge in [0.15, 0.2) is 12.4 Å². The van der Waals surface area contributed by atoms with Gasteiger partial charge in [0.25, 0.3) is 10.1 Å². The maximum absolute atomic E-state index is 12.8. The van der Waals surface area contributed by atoms with E-state index in [0.29, 0.717) is 12.8 Å². The lowest BCUT2D eigenvalue weighted by Crippen LogP contribution is -2.60. The molecule has 0 saturated carbocycles. The third-order valence-electron chi connectivity index (χ3n) is 11.0. The van der Waals surface area contributed by atoms with Crippen LogP contribution in [0.25, 0.3) is 0 Å². The van der Waals surface area contributed by atoms with Crippen LogP contribution in [0.5, 0.6) is 0 Å². The average Bonchev–Trinajstić information content (AvgIpc) is 3.21. The third kappa shape index (κ3) is 31.9. The summed E-state index contributed by atoms with van der Waals surface area (Å²) >= 11 is 0. The highest BCUT2D eigenvalue weighted by molar-refractivity contribution is 7.85. The molecule has 0 amide bonds. The van der Waals surface area contributed by atoms with Crippen LogP contribution in [0.1, 0.15) is 206 Å². The second kappa shape index (κ2) is 37.7. The van der Waals surface area contributed by atoms with Gasteiger partial charge in [0.2, 0.25) is 0 Å². The number of ether oxygens (including phenoxy) is 4. The number of hydrogen-bond acceptors (Lipinski definition) is 11. The first-order valence-electron chi connectivity index (χ1n) is 23.9. The van der Waals surface area contributed by atoms with Gasteiger partial charge < -0.3 is 34.3 Å². The summed E-state index contributed by atoms with van der Waals surface area (Å²) in [6.07, 6.45) is 32.2. The molecule has 1 aliphatic heterocycles. The van der Waals surface area contributed by atoms with Crippen LogP contribution >= 0.6 is 0 Å². The largest absolute Gasteiger partial charge is 0.462 e. The summed E-state index contributed by atoms with van der Waals surface area (Å²) in [5.74, 6) is -1.99. The molecule has 1 heterocycles. The molecule has 13 heteroatoms. The Morgan fingerprint density at radius 3 is 1.52 bits per heavy atom. The first-order valence-corrected chi connectivity index (χ1v) is 25.5. The van der Waals surface area contributed by atoms with Gasteiger partial charge in [0.05, 0.1) is 6.61 Å². The Kier molecular flexibility index (Phi) is 35.2. The highest BCUT2D eigenvalue weighted by Gasteiger charge is 2.46. The van der Waals surface area contributed by atoms with E-state index in [-0.39, 0.29) is 19.4 Å². The fraction of sp³-hybridized carbons (Fsp3) is 0.872. The van der Waals surface area contributed by atoms with Gasteiger partial charge in [-0.05, 0) is 38.5 Å². The molecule has 1 fully saturated rings. The Labute approximate surface area is 364 Å². The number of allylic oxidation sites excluding steroid dienone is 4. The molecule has 0 aromatic heterocycles. The lowest BCUT2D eigenvalue weighted by Gasteiger charge is -2.40. The quantitative estimate of drug-likeness (QED) is 0.0198. The molecule has 0 radical (unpaired) electrons. The van der Waals surface area contributed by atoms with Crippen LogP contribution in [-0.4, -0.2) is 96.0 Å². The minimum atomic E-state index is -4.60. The fourth-order valence-corrected chi connectivity index (χ4v) is 7.97. The Bertz CT molecular complexity index is 1210. The lowest BCUT2D eigenvalue weighted by atomic mass is 10.00. The van der Waals surface area contributed by atoms with Crippen molar-refractivity contribution in [3.8, 4) is 0 Å². The topological polar surface area (TPSA) is 186 Å². The average molecular weight is 875 g/mol. The summed E-state index contributed by atoms with van der Waals surface area (Å²) in [7, 11) is -4.60. The third-order valence-corrected chi connectivity index (χ3v) is 11.8. The van der Waals surface area contributed by atoms with Crippen LogP contribution in [0.4, 0.5) is 0 Å². The molecule has 6 atom stereocenters. The van der Waals surface area contributed by atoms with Crippen molar-refractivity contribution in [2.24, 2.45) is 0 Å². The van der Waals surface area contributed by atoms with Crippen molar-refractivity contribution < 1.29 is 56.8 Å². The zero-order chi connectivity index (χ0) is 44.1. The van der Waals surface area contributed by atoms with Crippen LogP contribution in [0, 0.1) is 0 Å². The molecule has 1 saturated heterocycles. The summed E-state index contributed by atoms with van der Waals surface area (Å²) < 4.78 is 54.1. The number of aliphatic hydroxyl groups excluding tert-OH is 3. The van der Waals surface area contributed by atoms with Gasteiger partial charge in [-0.25, -0.2) is 0 Å². The van der Waals surface area contributed by atoms with Gasteiger partial charge in [0.1, 0.15) is 36.8 Å². The summed E-state index contributed by atoms with van der Waals surface area (Å²) in [4.78, 5) is 25.4. The van der Waals surface area contributed by atoms with E-state index in [1.165, 1.54) is 103 Å². The smallest absolute Gasteiger partial charge is 0.306 e. The Balaban J connectivity index is 2.40. The second-order valence-corrected chi connectivity index (χ2v) is 18.3. The number of aliphatic hydroxyl groups is 3. The van der Waals surface area contributed by atoms with Gasteiger partial charge in [0, 0.05) is 12.8 Å². The summed E-state index contributed by atoms with van der Waals surface area (Å²) in [5, 5.41) is 30.9. The summed E-state index contributed by atoms with van der Waals surface area (Å²) in [5.41, 5.74) is 0. The molecule has 60 heavy (non-hydrogen) atoms. The molecule has 4 N–H and O–H groups in total. The molecule has 12 nitrogen and oxygen atoms in total. The van der Waals surface area contributed by atoms with E-state index in [1.807, 2.05) is 0 Å². The molecule has 1 aliphatic rings. The molecular formula is C47H86O12S. The number of rotatable bonds is 40. The predicted octanol–water partition coefficient (Wildman–Crippen LogP) is 10.0. The first-order chi connectivity index (χ1) is 29.0. The number of unbranched alkanes of at least 4 members (excludes halogenated alkanes) is 24. The molecular weight excluding hydrogens is 789 g/mol. The highest BCUT2D eigenvalue weighted by Crippen LogP contribution is 2.24. The minimum Gasteiger partial charge on any atom is -0.462 e. The SMILES string of the molecule is CCCC/C=C/C/C=C/CCCCCCCC(=O)O[C@H](COC(=O)CCCCCCCCCCCCCCCCCCCC)CO[C@H]1O[C@H](CS(=O)(=O)O)[C@@H](O)C(O)C1O. The van der Waals surface area contributed by atoms with E-state index in [0.717, 1.165) is 64.2 Å². The summed E-state index contributed by atoms with van der Waals surface area (Å²) in [6, 6.07) is 0.